The van der Waals surface area contributed by atoms with Crippen LogP contribution in [0, 0.1) is 5.82 Å². The molecule has 3 heterocycles. The van der Waals surface area contributed by atoms with E-state index in [2.05, 4.69) is 20.9 Å². The van der Waals surface area contributed by atoms with Gasteiger partial charge in [0.1, 0.15) is 0 Å². The van der Waals surface area contributed by atoms with Crippen molar-refractivity contribution < 1.29 is 14.0 Å². The largest absolute Gasteiger partial charge is 0.352 e. The second kappa shape index (κ2) is 7.13. The van der Waals surface area contributed by atoms with Crippen LogP contribution in [0.25, 0.3) is 0 Å². The Bertz CT molecular complexity index is 970. The van der Waals surface area contributed by atoms with E-state index in [1.165, 1.54) is 18.9 Å². The normalized spacial score (nSPS) is 21.1. The zero-order chi connectivity index (χ0) is 20.0. The molecule has 0 bridgehead atoms. The standard InChI is InChI=1S/C20H23FN6O2/c21-18-14-7-8-22-19(28)15(14)5-6-16(18)23-20(29)27-9-1-2-13(27)10-26-11-17(24-25-26)12-3-4-12/h5-6,11-13H,1-4,7-10H2,(H,22,28)(H,23,29)/t13-/m0/s1. The predicted molar refractivity (Wildman–Crippen MR) is 103 cm³/mol. The second-order valence-electron chi connectivity index (χ2n) is 8.02. The molecular formula is C20H23FN6O2. The van der Waals surface area contributed by atoms with Gasteiger partial charge in [-0.1, -0.05) is 5.21 Å². The summed E-state index contributed by atoms with van der Waals surface area (Å²) >= 11 is 0. The first-order chi connectivity index (χ1) is 14.1. The van der Waals surface area contributed by atoms with Crippen molar-refractivity contribution in [2.75, 3.05) is 18.4 Å². The zero-order valence-electron chi connectivity index (χ0n) is 16.0. The number of anilines is 1. The molecule has 1 atom stereocenters. The van der Waals surface area contributed by atoms with Gasteiger partial charge in [0.2, 0.25) is 0 Å². The third kappa shape index (κ3) is 3.45. The Labute approximate surface area is 167 Å². The molecule has 2 N–H and O–H groups in total. The Morgan fingerprint density at radius 3 is 3.00 bits per heavy atom. The molecule has 0 spiro atoms. The summed E-state index contributed by atoms with van der Waals surface area (Å²) in [5.41, 5.74) is 1.84. The van der Waals surface area contributed by atoms with Crippen LogP contribution >= 0.6 is 0 Å². The highest BCUT2D eigenvalue weighted by molar-refractivity contribution is 5.98. The summed E-state index contributed by atoms with van der Waals surface area (Å²) in [6.45, 7) is 1.60. The molecule has 2 aliphatic heterocycles. The number of nitrogens with one attached hydrogen (secondary N) is 2. The maximum absolute atomic E-state index is 14.9. The molecule has 1 aromatic heterocycles. The van der Waals surface area contributed by atoms with Crippen molar-refractivity contribution in [1.29, 1.82) is 0 Å². The van der Waals surface area contributed by atoms with Gasteiger partial charge in [-0.15, -0.1) is 5.10 Å². The van der Waals surface area contributed by atoms with Crippen molar-refractivity contribution in [2.24, 2.45) is 0 Å². The summed E-state index contributed by atoms with van der Waals surface area (Å²) in [6.07, 6.45) is 6.50. The number of carbonyl (C=O) groups is 2. The van der Waals surface area contributed by atoms with E-state index in [9.17, 15) is 14.0 Å². The molecule has 3 amide bonds. The van der Waals surface area contributed by atoms with Gasteiger partial charge in [-0.25, -0.2) is 9.18 Å². The molecule has 8 nitrogen and oxygen atoms in total. The van der Waals surface area contributed by atoms with E-state index in [1.807, 2.05) is 10.9 Å². The fourth-order valence-electron chi connectivity index (χ4n) is 4.24. The zero-order valence-corrected chi connectivity index (χ0v) is 16.0. The number of halogens is 1. The Balaban J connectivity index is 1.29. The molecule has 152 valence electrons. The SMILES string of the molecule is O=C1NCCc2c1ccc(NC(=O)N1CCC[C@H]1Cn1cc(C3CC3)nn1)c2F. The van der Waals surface area contributed by atoms with Gasteiger partial charge in [0.05, 0.1) is 24.0 Å². The van der Waals surface area contributed by atoms with E-state index in [0.717, 1.165) is 18.5 Å². The van der Waals surface area contributed by atoms with E-state index in [4.69, 9.17) is 0 Å². The van der Waals surface area contributed by atoms with Crippen LogP contribution in [-0.4, -0.2) is 51.0 Å². The van der Waals surface area contributed by atoms with Crippen molar-refractivity contribution in [2.45, 2.75) is 50.6 Å². The summed E-state index contributed by atoms with van der Waals surface area (Å²) in [7, 11) is 0. The lowest BCUT2D eigenvalue weighted by molar-refractivity contribution is 0.0945. The highest BCUT2D eigenvalue weighted by atomic mass is 19.1. The maximum Gasteiger partial charge on any atom is 0.322 e. The van der Waals surface area contributed by atoms with Crippen LogP contribution in [-0.2, 0) is 13.0 Å². The summed E-state index contributed by atoms with van der Waals surface area (Å²) in [5.74, 6) is -0.256. The van der Waals surface area contributed by atoms with Crippen LogP contribution in [0.5, 0.6) is 0 Å². The van der Waals surface area contributed by atoms with Crippen molar-refractivity contribution in [3.63, 3.8) is 0 Å². The van der Waals surface area contributed by atoms with Gasteiger partial charge < -0.3 is 15.5 Å². The minimum absolute atomic E-state index is 0.00443. The molecule has 5 rings (SSSR count). The van der Waals surface area contributed by atoms with Crippen LogP contribution < -0.4 is 10.6 Å². The first-order valence-corrected chi connectivity index (χ1v) is 10.2. The molecule has 1 saturated heterocycles. The van der Waals surface area contributed by atoms with Crippen LogP contribution in [0.2, 0.25) is 0 Å². The van der Waals surface area contributed by atoms with Gasteiger partial charge >= 0.3 is 6.03 Å². The summed E-state index contributed by atoms with van der Waals surface area (Å²) in [6, 6.07) is 2.70. The molecule has 3 aliphatic rings. The van der Waals surface area contributed by atoms with Gasteiger partial charge in [0.25, 0.3) is 5.91 Å². The molecule has 0 unspecified atom stereocenters. The third-order valence-corrected chi connectivity index (χ3v) is 5.98. The number of hydrogen-bond acceptors (Lipinski definition) is 4. The first kappa shape index (κ1) is 18.1. The number of rotatable bonds is 4. The van der Waals surface area contributed by atoms with Crippen LogP contribution in [0.4, 0.5) is 14.9 Å². The van der Waals surface area contributed by atoms with Gasteiger partial charge in [-0.2, -0.15) is 0 Å². The summed E-state index contributed by atoms with van der Waals surface area (Å²) < 4.78 is 16.7. The second-order valence-corrected chi connectivity index (χ2v) is 8.02. The minimum Gasteiger partial charge on any atom is -0.352 e. The predicted octanol–water partition coefficient (Wildman–Crippen LogP) is 2.28. The van der Waals surface area contributed by atoms with Crippen molar-refractivity contribution >= 4 is 17.6 Å². The maximum atomic E-state index is 14.9. The Morgan fingerprint density at radius 1 is 1.31 bits per heavy atom. The lowest BCUT2D eigenvalue weighted by atomic mass is 9.99. The van der Waals surface area contributed by atoms with Crippen molar-refractivity contribution in [3.8, 4) is 0 Å². The van der Waals surface area contributed by atoms with Gasteiger partial charge in [0, 0.05) is 36.3 Å². The van der Waals surface area contributed by atoms with E-state index in [-0.39, 0.29) is 23.7 Å². The van der Waals surface area contributed by atoms with E-state index >= 15 is 0 Å². The number of urea groups is 1. The molecule has 1 aliphatic carbocycles. The number of amides is 3. The Kier molecular flexibility index (Phi) is 4.44. The molecule has 1 aromatic carbocycles. The number of benzene rings is 1. The summed E-state index contributed by atoms with van der Waals surface area (Å²) in [4.78, 5) is 26.4. The quantitative estimate of drug-likeness (QED) is 0.827. The van der Waals surface area contributed by atoms with Crippen molar-refractivity contribution in [1.82, 2.24) is 25.2 Å². The van der Waals surface area contributed by atoms with E-state index in [1.54, 1.807) is 11.0 Å². The average molecular weight is 398 g/mol. The molecule has 9 heteroatoms. The van der Waals surface area contributed by atoms with Crippen molar-refractivity contribution in [3.05, 3.63) is 41.0 Å². The number of likely N-dealkylation sites (tertiary alicyclic amines) is 1. The first-order valence-electron chi connectivity index (χ1n) is 10.2. The van der Waals surface area contributed by atoms with E-state index < -0.39 is 5.82 Å². The molecule has 0 radical (unpaired) electrons. The lowest BCUT2D eigenvalue weighted by Crippen LogP contribution is -2.41. The number of aromatic nitrogens is 3. The highest BCUT2D eigenvalue weighted by Crippen LogP contribution is 2.38. The smallest absolute Gasteiger partial charge is 0.322 e. The molecule has 2 fully saturated rings. The summed E-state index contributed by atoms with van der Waals surface area (Å²) in [5, 5.41) is 13.8. The number of carbonyl (C=O) groups excluding carboxylic acids is 2. The highest BCUT2D eigenvalue weighted by Gasteiger charge is 2.32. The number of fused-ring (bicyclic) bond motifs is 1. The van der Waals surface area contributed by atoms with Crippen LogP contribution in [0.3, 0.4) is 0 Å². The van der Waals surface area contributed by atoms with Crippen LogP contribution in [0.15, 0.2) is 18.3 Å². The average Bonchev–Trinajstić information content (AvgIpc) is 3.28. The number of nitrogens with zero attached hydrogens (tertiary/aromatic N) is 4. The molecule has 29 heavy (non-hydrogen) atoms. The van der Waals surface area contributed by atoms with Gasteiger partial charge in [0.15, 0.2) is 5.82 Å². The topological polar surface area (TPSA) is 92.2 Å². The Hall–Kier alpha value is -2.97. The fourth-order valence-corrected chi connectivity index (χ4v) is 4.24. The molecule has 1 saturated carbocycles. The van der Waals surface area contributed by atoms with Gasteiger partial charge in [-0.3, -0.25) is 9.48 Å². The van der Waals surface area contributed by atoms with Gasteiger partial charge in [-0.05, 0) is 44.2 Å². The lowest BCUT2D eigenvalue weighted by Gasteiger charge is -2.25. The minimum atomic E-state index is -0.521. The molecule has 2 aromatic rings. The monoisotopic (exact) mass is 398 g/mol. The number of hydrogen-bond donors (Lipinski definition) is 2. The Morgan fingerprint density at radius 2 is 2.17 bits per heavy atom. The van der Waals surface area contributed by atoms with E-state index in [0.29, 0.717) is 43.1 Å². The molecular weight excluding hydrogens is 375 g/mol. The fraction of sp³-hybridized carbons (Fsp3) is 0.500. The third-order valence-electron chi connectivity index (χ3n) is 5.98. The van der Waals surface area contributed by atoms with Crippen LogP contribution in [0.1, 0.15) is 53.2 Å².